The van der Waals surface area contributed by atoms with Crippen LogP contribution in [0.5, 0.6) is 5.75 Å². The van der Waals surface area contributed by atoms with Crippen LogP contribution in [0.25, 0.3) is 11.0 Å². The minimum Gasteiger partial charge on any atom is -0.479 e. The van der Waals surface area contributed by atoms with E-state index in [1.165, 1.54) is 5.56 Å². The van der Waals surface area contributed by atoms with Crippen molar-refractivity contribution in [3.05, 3.63) is 53.6 Å². The summed E-state index contributed by atoms with van der Waals surface area (Å²) < 4.78 is 11.1. The Bertz CT molecular complexity index is 873. The van der Waals surface area contributed by atoms with Crippen LogP contribution < -0.4 is 4.74 Å². The third kappa shape index (κ3) is 4.15. The summed E-state index contributed by atoms with van der Waals surface area (Å²) in [6.07, 6.45) is -0.682. The molecule has 1 atom stereocenters. The molecule has 0 bridgehead atoms. The van der Waals surface area contributed by atoms with Gasteiger partial charge in [0.05, 0.1) is 0 Å². The van der Waals surface area contributed by atoms with Crippen molar-refractivity contribution in [1.82, 2.24) is 15.4 Å². The van der Waals surface area contributed by atoms with Gasteiger partial charge in [0.15, 0.2) is 6.10 Å². The number of ether oxygens (including phenoxy) is 2. The molecule has 1 aromatic heterocycles. The molecule has 1 unspecified atom stereocenters. The summed E-state index contributed by atoms with van der Waals surface area (Å²) in [6, 6.07) is 13.3. The number of carbonyl (C=O) groups is 1. The van der Waals surface area contributed by atoms with Crippen molar-refractivity contribution in [3.8, 4) is 5.75 Å². The van der Waals surface area contributed by atoms with Crippen molar-refractivity contribution in [3.63, 3.8) is 0 Å². The minimum absolute atomic E-state index is 0.168. The summed E-state index contributed by atoms with van der Waals surface area (Å²) in [5.74, 6) is 0.659. The van der Waals surface area contributed by atoms with Crippen molar-refractivity contribution in [1.29, 1.82) is 0 Å². The smallest absolute Gasteiger partial charge is 0.347 e. The van der Waals surface area contributed by atoms with Crippen molar-refractivity contribution in [2.24, 2.45) is 0 Å². The van der Waals surface area contributed by atoms with Crippen molar-refractivity contribution in [2.75, 3.05) is 0 Å². The first-order valence-corrected chi connectivity index (χ1v) is 8.25. The summed E-state index contributed by atoms with van der Waals surface area (Å²) in [7, 11) is 0. The molecule has 0 aliphatic rings. The van der Waals surface area contributed by atoms with E-state index in [1.807, 2.05) is 42.5 Å². The van der Waals surface area contributed by atoms with Crippen molar-refractivity contribution in [2.45, 2.75) is 39.4 Å². The van der Waals surface area contributed by atoms with Gasteiger partial charge >= 0.3 is 5.97 Å². The lowest BCUT2D eigenvalue weighted by Gasteiger charge is -2.15. The number of nitrogens with one attached hydrogen (secondary N) is 1. The highest BCUT2D eigenvalue weighted by Gasteiger charge is 2.17. The van der Waals surface area contributed by atoms with E-state index < -0.39 is 12.1 Å². The highest BCUT2D eigenvalue weighted by Crippen LogP contribution is 2.21. The maximum Gasteiger partial charge on any atom is 0.347 e. The molecule has 0 spiro atoms. The molecule has 0 aliphatic carbocycles. The van der Waals surface area contributed by atoms with Gasteiger partial charge in [0.25, 0.3) is 0 Å². The Balaban J connectivity index is 1.57. The molecule has 0 radical (unpaired) electrons. The van der Waals surface area contributed by atoms with Crippen molar-refractivity contribution < 1.29 is 14.3 Å². The van der Waals surface area contributed by atoms with E-state index >= 15 is 0 Å². The number of rotatable bonds is 6. The first kappa shape index (κ1) is 17.0. The van der Waals surface area contributed by atoms with E-state index in [4.69, 9.17) is 9.47 Å². The molecule has 1 heterocycles. The Morgan fingerprint density at radius 2 is 1.88 bits per heavy atom. The van der Waals surface area contributed by atoms with E-state index in [-0.39, 0.29) is 6.61 Å². The molecule has 1 N–H and O–H groups in total. The van der Waals surface area contributed by atoms with Gasteiger partial charge in [0.1, 0.15) is 23.4 Å². The van der Waals surface area contributed by atoms with Gasteiger partial charge in [0.2, 0.25) is 0 Å². The summed E-state index contributed by atoms with van der Waals surface area (Å²) in [4.78, 5) is 12.2. The van der Waals surface area contributed by atoms with Gasteiger partial charge in [-0.3, -0.25) is 0 Å². The second kappa shape index (κ2) is 7.34. The van der Waals surface area contributed by atoms with E-state index in [2.05, 4.69) is 29.3 Å². The average Bonchev–Trinajstić information content (AvgIpc) is 3.07. The van der Waals surface area contributed by atoms with Crippen LogP contribution in [0, 0.1) is 0 Å². The first-order chi connectivity index (χ1) is 12.0. The Morgan fingerprint density at radius 3 is 2.68 bits per heavy atom. The quantitative estimate of drug-likeness (QED) is 0.695. The van der Waals surface area contributed by atoms with Gasteiger partial charge in [-0.05, 0) is 48.2 Å². The van der Waals surface area contributed by atoms with Gasteiger partial charge < -0.3 is 9.47 Å². The van der Waals surface area contributed by atoms with Crippen LogP contribution in [0.2, 0.25) is 0 Å². The molecule has 0 fully saturated rings. The number of hydrogen-bond acceptors (Lipinski definition) is 5. The highest BCUT2D eigenvalue weighted by molar-refractivity contribution is 5.75. The topological polar surface area (TPSA) is 77.1 Å². The molecule has 3 rings (SSSR count). The molecule has 3 aromatic rings. The van der Waals surface area contributed by atoms with Crippen LogP contribution in [0.1, 0.15) is 37.8 Å². The first-order valence-electron chi connectivity index (χ1n) is 8.25. The van der Waals surface area contributed by atoms with E-state index in [9.17, 15) is 4.79 Å². The summed E-state index contributed by atoms with van der Waals surface area (Å²) in [6.45, 7) is 6.08. The SMILES string of the molecule is CC(Oc1cccc(C(C)C)c1)C(=O)OCc1ccc2n[nH]nc2c1. The number of carbonyl (C=O) groups excluding carboxylic acids is 1. The number of aromatic amines is 1. The Morgan fingerprint density at radius 1 is 1.08 bits per heavy atom. The highest BCUT2D eigenvalue weighted by atomic mass is 16.6. The molecule has 25 heavy (non-hydrogen) atoms. The normalized spacial score (nSPS) is 12.3. The lowest BCUT2D eigenvalue weighted by molar-refractivity contribution is -0.152. The Labute approximate surface area is 146 Å². The fourth-order valence-corrected chi connectivity index (χ4v) is 2.45. The molecular weight excluding hydrogens is 318 g/mol. The van der Waals surface area contributed by atoms with Crippen molar-refractivity contribution >= 4 is 17.0 Å². The molecular formula is C19H21N3O3. The zero-order valence-corrected chi connectivity index (χ0v) is 14.5. The van der Waals surface area contributed by atoms with E-state index in [0.29, 0.717) is 11.7 Å². The van der Waals surface area contributed by atoms with Crippen LogP contribution >= 0.6 is 0 Å². The van der Waals surface area contributed by atoms with Gasteiger partial charge in [0, 0.05) is 0 Å². The molecule has 0 saturated heterocycles. The predicted molar refractivity (Wildman–Crippen MR) is 94.3 cm³/mol. The van der Waals surface area contributed by atoms with E-state index in [0.717, 1.165) is 16.6 Å². The zero-order chi connectivity index (χ0) is 17.8. The number of hydrogen-bond donors (Lipinski definition) is 1. The predicted octanol–water partition coefficient (Wildman–Crippen LogP) is 3.59. The number of aromatic nitrogens is 3. The number of fused-ring (bicyclic) bond motifs is 1. The lowest BCUT2D eigenvalue weighted by atomic mass is 10.0. The van der Waals surface area contributed by atoms with Gasteiger partial charge in [-0.25, -0.2) is 4.79 Å². The van der Waals surface area contributed by atoms with Crippen LogP contribution in [0.3, 0.4) is 0 Å². The van der Waals surface area contributed by atoms with Crippen LogP contribution in [-0.2, 0) is 16.1 Å². The van der Waals surface area contributed by atoms with E-state index in [1.54, 1.807) is 6.92 Å². The third-order valence-corrected chi connectivity index (χ3v) is 3.93. The minimum atomic E-state index is -0.682. The third-order valence-electron chi connectivity index (χ3n) is 3.93. The zero-order valence-electron chi connectivity index (χ0n) is 14.5. The molecule has 130 valence electrons. The van der Waals surface area contributed by atoms with Gasteiger partial charge in [-0.2, -0.15) is 15.4 Å². The molecule has 0 amide bonds. The van der Waals surface area contributed by atoms with Crippen LogP contribution in [0.15, 0.2) is 42.5 Å². The average molecular weight is 339 g/mol. The Kier molecular flexibility index (Phi) is 4.97. The maximum absolute atomic E-state index is 12.2. The summed E-state index contributed by atoms with van der Waals surface area (Å²) in [5.41, 5.74) is 3.53. The number of esters is 1. The molecule has 0 aliphatic heterocycles. The number of H-pyrrole nitrogens is 1. The monoisotopic (exact) mass is 339 g/mol. The van der Waals surface area contributed by atoms with Crippen LogP contribution in [-0.4, -0.2) is 27.5 Å². The second-order valence-corrected chi connectivity index (χ2v) is 6.24. The lowest BCUT2D eigenvalue weighted by Crippen LogP contribution is -2.26. The van der Waals surface area contributed by atoms with Gasteiger partial charge in [-0.1, -0.05) is 32.0 Å². The number of benzene rings is 2. The summed E-state index contributed by atoms with van der Waals surface area (Å²) in [5, 5.41) is 10.6. The largest absolute Gasteiger partial charge is 0.479 e. The standard InChI is InChI=1S/C19H21N3O3/c1-12(2)15-5-4-6-16(10-15)25-13(3)19(23)24-11-14-7-8-17-18(9-14)21-22-20-17/h4-10,12-13H,11H2,1-3H3,(H,20,21,22). The molecule has 2 aromatic carbocycles. The molecule has 0 saturated carbocycles. The molecule has 6 heteroatoms. The fraction of sp³-hybridized carbons (Fsp3) is 0.316. The van der Waals surface area contributed by atoms with Gasteiger partial charge in [-0.15, -0.1) is 0 Å². The Hall–Kier alpha value is -2.89. The number of nitrogens with zero attached hydrogens (tertiary/aromatic N) is 2. The second-order valence-electron chi connectivity index (χ2n) is 6.24. The fourth-order valence-electron chi connectivity index (χ4n) is 2.45. The summed E-state index contributed by atoms with van der Waals surface area (Å²) >= 11 is 0. The van der Waals surface area contributed by atoms with Crippen LogP contribution in [0.4, 0.5) is 0 Å². The molecule has 6 nitrogen and oxygen atoms in total. The maximum atomic E-state index is 12.2.